The highest BCUT2D eigenvalue weighted by Gasteiger charge is 2.35. The van der Waals surface area contributed by atoms with Gasteiger partial charge in [0.15, 0.2) is 0 Å². The zero-order chi connectivity index (χ0) is 27.4. The molecule has 2 amide bonds. The Morgan fingerprint density at radius 2 is 1.71 bits per heavy atom. The monoisotopic (exact) mass is 535 g/mol. The molecule has 8 heteroatoms. The largest absolute Gasteiger partial charge is 0.352 e. The quantitative estimate of drug-likeness (QED) is 0.368. The molecule has 0 aliphatic carbocycles. The van der Waals surface area contributed by atoms with Gasteiger partial charge in [-0.25, -0.2) is 8.42 Å². The smallest absolute Gasteiger partial charge is 0.265 e. The van der Waals surface area contributed by atoms with Gasteiger partial charge in [0.05, 0.1) is 10.6 Å². The highest BCUT2D eigenvalue weighted by atomic mass is 32.2. The fourth-order valence-corrected chi connectivity index (χ4v) is 6.83. The van der Waals surface area contributed by atoms with Gasteiger partial charge in [-0.15, -0.1) is 0 Å². The summed E-state index contributed by atoms with van der Waals surface area (Å²) < 4.78 is 28.0. The molecule has 1 aliphatic rings. The first-order valence-corrected chi connectivity index (χ1v) is 14.8. The molecule has 202 valence electrons. The Labute approximate surface area is 225 Å². The van der Waals surface area contributed by atoms with Gasteiger partial charge in [-0.3, -0.25) is 13.9 Å². The molecule has 0 unspecified atom stereocenters. The first kappa shape index (κ1) is 27.6. The van der Waals surface area contributed by atoms with Crippen LogP contribution in [0, 0.1) is 6.92 Å². The first-order chi connectivity index (χ1) is 18.2. The van der Waals surface area contributed by atoms with Gasteiger partial charge in [0.1, 0.15) is 6.04 Å². The van der Waals surface area contributed by atoms with E-state index in [-0.39, 0.29) is 30.8 Å². The van der Waals surface area contributed by atoms with Crippen molar-refractivity contribution in [3.63, 3.8) is 0 Å². The van der Waals surface area contributed by atoms with Crippen LogP contribution in [0.3, 0.4) is 0 Å². The maximum atomic E-state index is 13.6. The van der Waals surface area contributed by atoms with E-state index in [9.17, 15) is 18.0 Å². The summed E-state index contributed by atoms with van der Waals surface area (Å²) in [6, 6.07) is 18.2. The van der Waals surface area contributed by atoms with Crippen LogP contribution in [0.2, 0.25) is 0 Å². The number of anilines is 1. The number of benzene rings is 3. The van der Waals surface area contributed by atoms with Crippen molar-refractivity contribution in [2.45, 2.75) is 76.9 Å². The molecule has 7 nitrogen and oxygen atoms in total. The van der Waals surface area contributed by atoms with Crippen LogP contribution in [0.25, 0.3) is 10.8 Å². The van der Waals surface area contributed by atoms with Crippen molar-refractivity contribution in [3.05, 3.63) is 71.8 Å². The Morgan fingerprint density at radius 3 is 2.39 bits per heavy atom. The summed E-state index contributed by atoms with van der Waals surface area (Å²) in [5.74, 6) is -0.322. The predicted octanol–water partition coefficient (Wildman–Crippen LogP) is 5.16. The standard InChI is InChI=1S/C30H37N3O4S/c1-5-22(4)31-30(35)25(6-2)32(20-23-12-7-11-21(3)19-23)28(34)17-10-18-33-26-15-8-13-24-14-9-16-27(29(24)26)38(33,36)37/h7-9,11-16,19,22,25H,5-6,10,17-18,20H2,1-4H3,(H,31,35)/t22-,25+/m1/s1. The number of aryl methyl sites for hydroxylation is 1. The van der Waals surface area contributed by atoms with Gasteiger partial charge in [-0.05, 0) is 56.2 Å². The number of amides is 2. The normalized spacial score (nSPS) is 15.3. The van der Waals surface area contributed by atoms with Crippen LogP contribution >= 0.6 is 0 Å². The van der Waals surface area contributed by atoms with Gasteiger partial charge in [-0.2, -0.15) is 0 Å². The Kier molecular flexibility index (Phi) is 8.41. The van der Waals surface area contributed by atoms with Gasteiger partial charge in [0.2, 0.25) is 11.8 Å². The lowest BCUT2D eigenvalue weighted by Gasteiger charge is -2.32. The summed E-state index contributed by atoms with van der Waals surface area (Å²) in [7, 11) is -3.68. The van der Waals surface area contributed by atoms with Crippen molar-refractivity contribution in [2.75, 3.05) is 10.8 Å². The summed E-state index contributed by atoms with van der Waals surface area (Å²) in [6.45, 7) is 8.37. The number of nitrogens with zero attached hydrogens (tertiary/aromatic N) is 2. The van der Waals surface area contributed by atoms with Crippen LogP contribution in [0.5, 0.6) is 0 Å². The van der Waals surface area contributed by atoms with E-state index >= 15 is 0 Å². The second-order valence-electron chi connectivity index (χ2n) is 10.1. The SMILES string of the molecule is CC[C@@H](C)NC(=O)[C@H](CC)N(Cc1cccc(C)c1)C(=O)CCCN1c2cccc3cccc(c23)S1(=O)=O. The highest BCUT2D eigenvalue weighted by molar-refractivity contribution is 7.93. The molecule has 3 aromatic rings. The maximum Gasteiger partial charge on any atom is 0.265 e. The molecule has 0 saturated heterocycles. The third-order valence-electron chi connectivity index (χ3n) is 7.26. The molecule has 0 bridgehead atoms. The van der Waals surface area contributed by atoms with Crippen LogP contribution < -0.4 is 9.62 Å². The molecule has 2 atom stereocenters. The Bertz CT molecular complexity index is 1430. The fraction of sp³-hybridized carbons (Fsp3) is 0.400. The Balaban J connectivity index is 1.52. The van der Waals surface area contributed by atoms with Gasteiger partial charge in [-0.1, -0.05) is 67.9 Å². The lowest BCUT2D eigenvalue weighted by molar-refractivity contribution is -0.141. The molecule has 1 N–H and O–H groups in total. The summed E-state index contributed by atoms with van der Waals surface area (Å²) >= 11 is 0. The number of carbonyl (C=O) groups excluding carboxylic acids is 2. The summed E-state index contributed by atoms with van der Waals surface area (Å²) in [6.07, 6.45) is 1.76. The van der Waals surface area contributed by atoms with Crippen LogP contribution in [-0.2, 0) is 26.2 Å². The molecule has 4 rings (SSSR count). The van der Waals surface area contributed by atoms with Crippen molar-refractivity contribution in [2.24, 2.45) is 0 Å². The van der Waals surface area contributed by atoms with E-state index in [1.807, 2.05) is 76.2 Å². The maximum absolute atomic E-state index is 13.6. The summed E-state index contributed by atoms with van der Waals surface area (Å²) in [5, 5.41) is 4.64. The van der Waals surface area contributed by atoms with Crippen LogP contribution in [-0.4, -0.2) is 43.8 Å². The Hall–Kier alpha value is -3.39. The zero-order valence-electron chi connectivity index (χ0n) is 22.6. The number of hydrogen-bond acceptors (Lipinski definition) is 4. The lowest BCUT2D eigenvalue weighted by Crippen LogP contribution is -2.50. The lowest BCUT2D eigenvalue weighted by atomic mass is 10.1. The molecular weight excluding hydrogens is 498 g/mol. The minimum Gasteiger partial charge on any atom is -0.352 e. The zero-order valence-corrected chi connectivity index (χ0v) is 23.4. The number of carbonyl (C=O) groups is 2. The van der Waals surface area contributed by atoms with E-state index in [1.54, 1.807) is 17.0 Å². The second-order valence-corrected chi connectivity index (χ2v) is 11.9. The molecule has 0 aromatic heterocycles. The topological polar surface area (TPSA) is 86.8 Å². The number of hydrogen-bond donors (Lipinski definition) is 1. The van der Waals surface area contributed by atoms with E-state index < -0.39 is 16.1 Å². The molecular formula is C30H37N3O4S. The van der Waals surface area contributed by atoms with Gasteiger partial charge in [0, 0.05) is 30.9 Å². The molecule has 0 fully saturated rings. The van der Waals surface area contributed by atoms with Gasteiger partial charge < -0.3 is 10.2 Å². The van der Waals surface area contributed by atoms with Gasteiger partial charge in [0.25, 0.3) is 10.0 Å². The highest BCUT2D eigenvalue weighted by Crippen LogP contribution is 2.42. The van der Waals surface area contributed by atoms with E-state index in [1.165, 1.54) is 4.31 Å². The second kappa shape index (κ2) is 11.6. The number of nitrogens with one attached hydrogen (secondary N) is 1. The number of sulfonamides is 1. The van der Waals surface area contributed by atoms with Crippen molar-refractivity contribution < 1.29 is 18.0 Å². The number of rotatable bonds is 11. The van der Waals surface area contributed by atoms with Crippen molar-refractivity contribution >= 4 is 38.3 Å². The van der Waals surface area contributed by atoms with Crippen molar-refractivity contribution in [3.8, 4) is 0 Å². The van der Waals surface area contributed by atoms with Crippen molar-refractivity contribution in [1.29, 1.82) is 0 Å². The van der Waals surface area contributed by atoms with Crippen LogP contribution in [0.15, 0.2) is 65.6 Å². The third-order valence-corrected chi connectivity index (χ3v) is 9.11. The average molecular weight is 536 g/mol. The van der Waals surface area contributed by atoms with E-state index in [0.717, 1.165) is 28.3 Å². The Morgan fingerprint density at radius 1 is 1.00 bits per heavy atom. The molecule has 3 aromatic carbocycles. The predicted molar refractivity (Wildman–Crippen MR) is 151 cm³/mol. The molecule has 0 radical (unpaired) electrons. The summed E-state index contributed by atoms with van der Waals surface area (Å²) in [4.78, 5) is 28.7. The van der Waals surface area contributed by atoms with Crippen molar-refractivity contribution in [1.82, 2.24) is 10.2 Å². The molecule has 1 aliphatic heterocycles. The molecule has 38 heavy (non-hydrogen) atoms. The van der Waals surface area contributed by atoms with Crippen LogP contribution in [0.1, 0.15) is 57.6 Å². The first-order valence-electron chi connectivity index (χ1n) is 13.4. The minimum absolute atomic E-state index is 0.0113. The minimum atomic E-state index is -3.68. The molecule has 0 saturated carbocycles. The summed E-state index contributed by atoms with van der Waals surface area (Å²) in [5.41, 5.74) is 2.69. The van der Waals surface area contributed by atoms with Crippen LogP contribution in [0.4, 0.5) is 5.69 Å². The molecule has 0 spiro atoms. The molecule has 1 heterocycles. The average Bonchev–Trinajstić information content (AvgIpc) is 3.11. The van der Waals surface area contributed by atoms with E-state index in [4.69, 9.17) is 0 Å². The third kappa shape index (κ3) is 5.55. The fourth-order valence-electron chi connectivity index (χ4n) is 5.08. The van der Waals surface area contributed by atoms with E-state index in [0.29, 0.717) is 30.0 Å². The van der Waals surface area contributed by atoms with E-state index in [2.05, 4.69) is 5.32 Å². The van der Waals surface area contributed by atoms with Gasteiger partial charge >= 0.3 is 0 Å².